The maximum atomic E-state index is 12.7. The van der Waals surface area contributed by atoms with E-state index in [0.29, 0.717) is 12.6 Å². The van der Waals surface area contributed by atoms with Crippen molar-refractivity contribution in [3.05, 3.63) is 59.1 Å². The van der Waals surface area contributed by atoms with Crippen molar-refractivity contribution < 1.29 is 4.79 Å². The number of carbonyl (C=O) groups excluding carboxylic acids is 1. The minimum atomic E-state index is 0.0316. The number of aromatic nitrogens is 1. The van der Waals surface area contributed by atoms with Gasteiger partial charge in [0.1, 0.15) is 5.69 Å². The monoisotopic (exact) mass is 324 g/mol. The van der Waals surface area contributed by atoms with Crippen LogP contribution in [0.4, 0.5) is 0 Å². The topological polar surface area (TPSA) is 34.0 Å². The molecule has 23 heavy (non-hydrogen) atoms. The van der Waals surface area contributed by atoms with E-state index in [1.54, 1.807) is 11.3 Å². The van der Waals surface area contributed by atoms with Crippen LogP contribution in [-0.4, -0.2) is 10.5 Å². The van der Waals surface area contributed by atoms with Crippen LogP contribution in [0.3, 0.4) is 0 Å². The summed E-state index contributed by atoms with van der Waals surface area (Å²) in [6.45, 7) is 0.573. The van der Waals surface area contributed by atoms with E-state index >= 15 is 0 Å². The molecule has 2 aromatic heterocycles. The van der Waals surface area contributed by atoms with E-state index in [0.717, 1.165) is 11.3 Å². The van der Waals surface area contributed by atoms with E-state index in [-0.39, 0.29) is 5.91 Å². The number of hydrogen-bond acceptors (Lipinski definition) is 2. The Morgan fingerprint density at radius 1 is 1.17 bits per heavy atom. The zero-order valence-electron chi connectivity index (χ0n) is 13.0. The Hall–Kier alpha value is -2.07. The number of amides is 1. The fraction of sp³-hybridized carbons (Fsp3) is 0.316. The minimum Gasteiger partial charge on any atom is -0.347 e. The quantitative estimate of drug-likeness (QED) is 0.738. The number of fused-ring (bicyclic) bond motifs is 1. The third kappa shape index (κ3) is 2.79. The molecule has 1 aromatic carbocycles. The van der Waals surface area contributed by atoms with Crippen molar-refractivity contribution in [2.75, 3.05) is 0 Å². The fourth-order valence-electron chi connectivity index (χ4n) is 3.54. The van der Waals surface area contributed by atoms with E-state index in [2.05, 4.69) is 27.4 Å². The summed E-state index contributed by atoms with van der Waals surface area (Å²) in [6.07, 6.45) is 4.89. The summed E-state index contributed by atoms with van der Waals surface area (Å²) in [5.41, 5.74) is 3.16. The van der Waals surface area contributed by atoms with Gasteiger partial charge >= 0.3 is 0 Å². The summed E-state index contributed by atoms with van der Waals surface area (Å²) in [6, 6.07) is 14.7. The summed E-state index contributed by atoms with van der Waals surface area (Å²) in [5, 5.41) is 5.19. The highest BCUT2D eigenvalue weighted by molar-refractivity contribution is 7.17. The van der Waals surface area contributed by atoms with Crippen LogP contribution in [0.2, 0.25) is 0 Å². The molecule has 3 aromatic rings. The molecule has 3 nitrogen and oxygen atoms in total. The molecule has 1 amide bonds. The van der Waals surface area contributed by atoms with Crippen LogP contribution in [0.1, 0.15) is 47.8 Å². The van der Waals surface area contributed by atoms with Gasteiger partial charge in [-0.2, -0.15) is 0 Å². The van der Waals surface area contributed by atoms with Crippen molar-refractivity contribution in [1.82, 2.24) is 9.88 Å². The van der Waals surface area contributed by atoms with Gasteiger partial charge < -0.3 is 9.88 Å². The average molecular weight is 324 g/mol. The Labute approximate surface area is 139 Å². The average Bonchev–Trinajstić information content (AvgIpc) is 3.29. The number of hydrogen-bond donors (Lipinski definition) is 1. The molecule has 0 radical (unpaired) electrons. The first kappa shape index (κ1) is 14.5. The van der Waals surface area contributed by atoms with Crippen LogP contribution >= 0.6 is 11.3 Å². The van der Waals surface area contributed by atoms with Crippen LogP contribution in [0.5, 0.6) is 0 Å². The van der Waals surface area contributed by atoms with Crippen molar-refractivity contribution in [1.29, 1.82) is 0 Å². The van der Waals surface area contributed by atoms with E-state index in [4.69, 9.17) is 0 Å². The van der Waals surface area contributed by atoms with E-state index < -0.39 is 0 Å². The van der Waals surface area contributed by atoms with Crippen molar-refractivity contribution in [3.63, 3.8) is 0 Å². The van der Waals surface area contributed by atoms with Crippen LogP contribution in [0, 0.1) is 0 Å². The first-order valence-electron chi connectivity index (χ1n) is 8.23. The first-order chi connectivity index (χ1) is 11.3. The highest BCUT2D eigenvalue weighted by Gasteiger charge is 2.24. The summed E-state index contributed by atoms with van der Waals surface area (Å²) < 4.78 is 3.49. The van der Waals surface area contributed by atoms with Crippen LogP contribution in [0.25, 0.3) is 10.2 Å². The third-order valence-electron chi connectivity index (χ3n) is 4.68. The van der Waals surface area contributed by atoms with Crippen molar-refractivity contribution in [3.8, 4) is 0 Å². The molecule has 1 aliphatic carbocycles. The van der Waals surface area contributed by atoms with Gasteiger partial charge in [0.05, 0.1) is 10.2 Å². The van der Waals surface area contributed by atoms with Gasteiger partial charge in [-0.25, -0.2) is 0 Å². The van der Waals surface area contributed by atoms with Crippen molar-refractivity contribution in [2.45, 2.75) is 38.3 Å². The standard InChI is InChI=1S/C19H20N2OS/c22-19(20-13-14-6-2-1-3-7-14)17-12-18-16(10-11-23-18)21(17)15-8-4-5-9-15/h1-3,6-7,10-12,15H,4-5,8-9,13H2,(H,20,22). The lowest BCUT2D eigenvalue weighted by atomic mass is 10.2. The van der Waals surface area contributed by atoms with Crippen molar-refractivity contribution in [2.24, 2.45) is 0 Å². The molecule has 0 aliphatic heterocycles. The minimum absolute atomic E-state index is 0.0316. The summed E-state index contributed by atoms with van der Waals surface area (Å²) in [4.78, 5) is 12.7. The molecule has 4 rings (SSSR count). The van der Waals surface area contributed by atoms with Gasteiger partial charge in [0.2, 0.25) is 0 Å². The van der Waals surface area contributed by atoms with Crippen LogP contribution < -0.4 is 5.32 Å². The normalized spacial score (nSPS) is 15.3. The molecular weight excluding hydrogens is 304 g/mol. The predicted octanol–water partition coefficient (Wildman–Crippen LogP) is 4.75. The number of nitrogens with zero attached hydrogens (tertiary/aromatic N) is 1. The zero-order chi connectivity index (χ0) is 15.6. The molecular formula is C19H20N2OS. The highest BCUT2D eigenvalue weighted by atomic mass is 32.1. The summed E-state index contributed by atoms with van der Waals surface area (Å²) in [5.74, 6) is 0.0316. The molecule has 0 bridgehead atoms. The molecule has 1 saturated carbocycles. The van der Waals surface area contributed by atoms with Gasteiger partial charge in [-0.15, -0.1) is 11.3 Å². The zero-order valence-corrected chi connectivity index (χ0v) is 13.8. The Bertz CT molecular complexity index is 812. The van der Waals surface area contributed by atoms with Gasteiger partial charge in [-0.05, 0) is 35.9 Å². The molecule has 4 heteroatoms. The second-order valence-electron chi connectivity index (χ2n) is 6.18. The number of rotatable bonds is 4. The molecule has 118 valence electrons. The van der Waals surface area contributed by atoms with Crippen molar-refractivity contribution >= 4 is 27.5 Å². The number of carbonyl (C=O) groups is 1. The molecule has 1 fully saturated rings. The van der Waals surface area contributed by atoms with Gasteiger partial charge in [0.15, 0.2) is 0 Å². The second kappa shape index (κ2) is 6.20. The van der Waals surface area contributed by atoms with Gasteiger partial charge in [0, 0.05) is 12.6 Å². The van der Waals surface area contributed by atoms with Crippen LogP contribution in [0.15, 0.2) is 47.8 Å². The summed E-state index contributed by atoms with van der Waals surface area (Å²) >= 11 is 1.71. The Kier molecular flexibility index (Phi) is 3.92. The molecule has 2 heterocycles. The van der Waals surface area contributed by atoms with Gasteiger partial charge in [0.25, 0.3) is 5.91 Å². The third-order valence-corrected chi connectivity index (χ3v) is 5.53. The lowest BCUT2D eigenvalue weighted by Crippen LogP contribution is -2.26. The highest BCUT2D eigenvalue weighted by Crippen LogP contribution is 2.36. The number of nitrogens with one attached hydrogen (secondary N) is 1. The molecule has 1 N–H and O–H groups in total. The Morgan fingerprint density at radius 3 is 2.74 bits per heavy atom. The van der Waals surface area contributed by atoms with Gasteiger partial charge in [-0.1, -0.05) is 43.2 Å². The maximum absolute atomic E-state index is 12.7. The largest absolute Gasteiger partial charge is 0.347 e. The second-order valence-corrected chi connectivity index (χ2v) is 7.12. The van der Waals surface area contributed by atoms with Crippen LogP contribution in [-0.2, 0) is 6.54 Å². The maximum Gasteiger partial charge on any atom is 0.268 e. The lowest BCUT2D eigenvalue weighted by molar-refractivity contribution is 0.0940. The smallest absolute Gasteiger partial charge is 0.268 e. The lowest BCUT2D eigenvalue weighted by Gasteiger charge is -2.17. The molecule has 1 aliphatic rings. The van der Waals surface area contributed by atoms with E-state index in [1.165, 1.54) is 35.9 Å². The van der Waals surface area contributed by atoms with E-state index in [9.17, 15) is 4.79 Å². The molecule has 0 unspecified atom stereocenters. The fourth-order valence-corrected chi connectivity index (χ4v) is 4.35. The summed E-state index contributed by atoms with van der Waals surface area (Å²) in [7, 11) is 0. The molecule has 0 spiro atoms. The molecule has 0 atom stereocenters. The Balaban J connectivity index is 1.61. The Morgan fingerprint density at radius 2 is 1.96 bits per heavy atom. The first-order valence-corrected chi connectivity index (χ1v) is 9.11. The number of thiophene rings is 1. The molecule has 0 saturated heterocycles. The SMILES string of the molecule is O=C(NCc1ccccc1)c1cc2sccc2n1C1CCCC1. The number of benzene rings is 1. The van der Waals surface area contributed by atoms with E-state index in [1.807, 2.05) is 30.3 Å². The van der Waals surface area contributed by atoms with Gasteiger partial charge in [-0.3, -0.25) is 4.79 Å². The predicted molar refractivity (Wildman–Crippen MR) is 94.9 cm³/mol.